The van der Waals surface area contributed by atoms with Crippen molar-refractivity contribution in [2.45, 2.75) is 76.8 Å². The molecule has 0 aliphatic carbocycles. The normalized spacial score (nSPS) is 22.4. The van der Waals surface area contributed by atoms with Gasteiger partial charge in [0.25, 0.3) is 15.6 Å². The average molecular weight is 864 g/mol. The minimum absolute atomic E-state index is 0.0124. The van der Waals surface area contributed by atoms with Crippen LogP contribution in [0.3, 0.4) is 0 Å². The number of nitrogens with one attached hydrogen (secondary N) is 2. The predicted molar refractivity (Wildman–Crippen MR) is 179 cm³/mol. The average Bonchev–Trinajstić information content (AvgIpc) is 3.64. The van der Waals surface area contributed by atoms with Crippen LogP contribution in [0.1, 0.15) is 46.3 Å². The number of thioether (sulfide) groups is 1. The second-order valence-corrected chi connectivity index (χ2v) is 17.7. The molecule has 29 heteroatoms. The highest BCUT2D eigenvalue weighted by Gasteiger charge is 2.47. The number of phosphoric acid groups is 3. The van der Waals surface area contributed by atoms with Gasteiger partial charge in [0, 0.05) is 37.1 Å². The molecule has 2 amide bonds. The van der Waals surface area contributed by atoms with Crippen LogP contribution in [0.4, 0.5) is 5.82 Å². The molecule has 2 aromatic rings. The van der Waals surface area contributed by atoms with Crippen LogP contribution in [0, 0.1) is 5.41 Å². The second-order valence-electron chi connectivity index (χ2n) is 12.5. The summed E-state index contributed by atoms with van der Waals surface area (Å²) in [5.41, 5.74) is 4.04. The fourth-order valence-corrected chi connectivity index (χ4v) is 8.15. The van der Waals surface area contributed by atoms with Crippen LogP contribution >= 0.6 is 35.2 Å². The number of hydrogen-bond donors (Lipinski definition) is 6. The summed E-state index contributed by atoms with van der Waals surface area (Å²) >= 11 is 0.942. The largest absolute Gasteiger partial charge is 0.790 e. The first-order valence-corrected chi connectivity index (χ1v) is 21.5. The third-order valence-electron chi connectivity index (χ3n) is 7.61. The first kappa shape index (κ1) is 46.9. The quantitative estimate of drug-likeness (QED) is 0.0490. The van der Waals surface area contributed by atoms with Gasteiger partial charge in [-0.25, -0.2) is 19.3 Å². The minimum Gasteiger partial charge on any atom is -0.790 e. The number of nitrogen functional groups attached to an aromatic ring is 1. The Bertz CT molecular complexity index is 1800. The molecule has 0 radical (unpaired) electrons. The molecule has 55 heavy (non-hydrogen) atoms. The van der Waals surface area contributed by atoms with Gasteiger partial charge >= 0.3 is 0 Å². The number of imidazole rings is 1. The van der Waals surface area contributed by atoms with Crippen LogP contribution in [0.25, 0.3) is 11.2 Å². The first-order chi connectivity index (χ1) is 25.4. The van der Waals surface area contributed by atoms with Crippen molar-refractivity contribution in [1.29, 1.82) is 0 Å². The van der Waals surface area contributed by atoms with Crippen molar-refractivity contribution in [3.8, 4) is 0 Å². The number of amides is 2. The molecular formula is C26H40N7O18P3S-4. The lowest BCUT2D eigenvalue weighted by Gasteiger charge is -2.36. The number of carbonyl (C=O) groups excluding carboxylic acids is 3. The maximum Gasteiger partial charge on any atom is 0.274 e. The Morgan fingerprint density at radius 3 is 2.40 bits per heavy atom. The van der Waals surface area contributed by atoms with Gasteiger partial charge in [-0.05, 0) is 6.42 Å². The SMILES string of the molecule is CC[C@@H](O)CC(=O)SCCNC(=O)CCNC(=O)[C@H](O)C(C)(C)COP(=O)([O-])OP(=O)([O-])OC[C@H]1O[C@@H](n2cnc3c(N)ncnc32)[C@H](O)[C@@H]1OP(=O)([O-])[O-]. The van der Waals surface area contributed by atoms with Gasteiger partial charge in [0.05, 0.1) is 33.5 Å². The van der Waals surface area contributed by atoms with E-state index < -0.39 is 90.7 Å². The number of aliphatic hydroxyl groups is 3. The van der Waals surface area contributed by atoms with Gasteiger partial charge in [-0.2, -0.15) is 0 Å². The fraction of sp³-hybridized carbons (Fsp3) is 0.692. The molecule has 1 aliphatic rings. The van der Waals surface area contributed by atoms with E-state index in [1.807, 2.05) is 0 Å². The maximum absolute atomic E-state index is 12.5. The van der Waals surface area contributed by atoms with Crippen LogP contribution in [-0.4, -0.2) is 114 Å². The van der Waals surface area contributed by atoms with Crippen LogP contribution in [0.5, 0.6) is 0 Å². The van der Waals surface area contributed by atoms with Crippen molar-refractivity contribution < 1.29 is 85.6 Å². The number of phosphoric ester groups is 3. The van der Waals surface area contributed by atoms with E-state index in [2.05, 4.69) is 43.5 Å². The van der Waals surface area contributed by atoms with Gasteiger partial charge in [-0.3, -0.25) is 28.1 Å². The lowest BCUT2D eigenvalue weighted by atomic mass is 9.87. The van der Waals surface area contributed by atoms with E-state index in [4.69, 9.17) is 10.5 Å². The molecule has 2 aromatic heterocycles. The van der Waals surface area contributed by atoms with Crippen LogP contribution in [0.2, 0.25) is 0 Å². The number of carbonyl (C=O) groups is 3. The van der Waals surface area contributed by atoms with Crippen LogP contribution < -0.4 is 35.9 Å². The van der Waals surface area contributed by atoms with Gasteiger partial charge in [0.1, 0.15) is 36.3 Å². The van der Waals surface area contributed by atoms with E-state index in [0.717, 1.165) is 29.0 Å². The second kappa shape index (κ2) is 19.8. The smallest absolute Gasteiger partial charge is 0.274 e. The highest BCUT2D eigenvalue weighted by Crippen LogP contribution is 2.56. The first-order valence-electron chi connectivity index (χ1n) is 16.1. The molecule has 7 N–H and O–H groups in total. The van der Waals surface area contributed by atoms with Crippen LogP contribution in [0.15, 0.2) is 12.7 Å². The zero-order valence-electron chi connectivity index (χ0n) is 29.4. The molecule has 0 bridgehead atoms. The predicted octanol–water partition coefficient (Wildman–Crippen LogP) is -3.70. The third-order valence-corrected chi connectivity index (χ3v) is 11.5. The lowest BCUT2D eigenvalue weighted by Crippen LogP contribution is -2.46. The Labute approximate surface area is 317 Å². The Morgan fingerprint density at radius 1 is 1.07 bits per heavy atom. The molecule has 25 nitrogen and oxygen atoms in total. The van der Waals surface area contributed by atoms with Gasteiger partial charge < -0.3 is 74.1 Å². The molecule has 2 unspecified atom stereocenters. The van der Waals surface area contributed by atoms with E-state index in [1.165, 1.54) is 13.8 Å². The summed E-state index contributed by atoms with van der Waals surface area (Å²) in [4.78, 5) is 95.6. The van der Waals surface area contributed by atoms with Gasteiger partial charge in [-0.1, -0.05) is 32.5 Å². The minimum atomic E-state index is -5.92. The topological polar surface area (TPSA) is 395 Å². The molecule has 1 saturated heterocycles. The number of anilines is 1. The Balaban J connectivity index is 1.49. The monoisotopic (exact) mass is 863 g/mol. The molecule has 3 rings (SSSR count). The van der Waals surface area contributed by atoms with E-state index in [9.17, 15) is 63.0 Å². The number of hydrogen-bond acceptors (Lipinski definition) is 23. The molecule has 8 atom stereocenters. The summed E-state index contributed by atoms with van der Waals surface area (Å²) in [5.74, 6) is -1.35. The Kier molecular flexibility index (Phi) is 16.9. The number of aromatic nitrogens is 4. The van der Waals surface area contributed by atoms with Gasteiger partial charge in [-0.15, -0.1) is 0 Å². The summed E-state index contributed by atoms with van der Waals surface area (Å²) < 4.78 is 60.4. The van der Waals surface area contributed by atoms with Gasteiger partial charge in [0.15, 0.2) is 22.8 Å². The van der Waals surface area contributed by atoms with Crippen molar-refractivity contribution in [3.63, 3.8) is 0 Å². The fourth-order valence-electron chi connectivity index (χ4n) is 4.67. The molecule has 1 aliphatic heterocycles. The summed E-state index contributed by atoms with van der Waals surface area (Å²) in [5, 5.41) is 35.3. The standard InChI is InChI=1S/C26H44N7O18P3S/c1-4-14(34)9-17(36)55-8-7-28-16(35)5-6-29-24(39)21(38)26(2,3)11-48-54(45,46)51-53(43,44)47-10-15-20(50-52(40,41)42)19(37)25(49-15)33-13-32-18-22(27)30-12-31-23(18)33/h12-15,19-21,25,34,37-38H,4-11H2,1-3H3,(H,28,35)(H,29,39)(H,43,44)(H,45,46)(H2,27,30,31)(H2,40,41,42)/p-4/t14-,15-,19-,20-,21+,25-/m1/s1. The number of aliphatic hydroxyl groups excluding tert-OH is 3. The third kappa shape index (κ3) is 14.4. The number of nitrogens with zero attached hydrogens (tertiary/aromatic N) is 4. The Morgan fingerprint density at radius 2 is 1.75 bits per heavy atom. The van der Waals surface area contributed by atoms with E-state index in [-0.39, 0.29) is 53.8 Å². The van der Waals surface area contributed by atoms with E-state index in [0.29, 0.717) is 6.42 Å². The lowest BCUT2D eigenvalue weighted by molar-refractivity contribution is -0.347. The number of rotatable bonds is 22. The van der Waals surface area contributed by atoms with Crippen LogP contribution in [-0.2, 0) is 50.7 Å². The zero-order chi connectivity index (χ0) is 41.4. The number of ether oxygens (including phenoxy) is 1. The molecule has 0 spiro atoms. The summed E-state index contributed by atoms with van der Waals surface area (Å²) in [6, 6.07) is 0. The molecular weight excluding hydrogens is 823 g/mol. The molecule has 0 aromatic carbocycles. The maximum atomic E-state index is 12.5. The summed E-state index contributed by atoms with van der Waals surface area (Å²) in [6.45, 7) is 1.70. The Hall–Kier alpha value is -2.48. The highest BCUT2D eigenvalue weighted by molar-refractivity contribution is 8.13. The van der Waals surface area contributed by atoms with Crippen molar-refractivity contribution >= 4 is 69.1 Å². The molecule has 3 heterocycles. The van der Waals surface area contributed by atoms with Crippen molar-refractivity contribution in [3.05, 3.63) is 12.7 Å². The number of nitrogens with two attached hydrogens (primary N) is 1. The summed E-state index contributed by atoms with van der Waals surface area (Å²) in [6.07, 6.45) is -7.98. The van der Waals surface area contributed by atoms with Crippen molar-refractivity contribution in [2.24, 2.45) is 5.41 Å². The summed E-state index contributed by atoms with van der Waals surface area (Å²) in [7, 11) is -17.6. The van der Waals surface area contributed by atoms with Gasteiger partial charge in [0.2, 0.25) is 11.8 Å². The molecule has 1 fully saturated rings. The highest BCUT2D eigenvalue weighted by atomic mass is 32.2. The molecule has 312 valence electrons. The van der Waals surface area contributed by atoms with E-state index >= 15 is 0 Å². The zero-order valence-corrected chi connectivity index (χ0v) is 32.9. The molecule has 0 saturated carbocycles. The van der Waals surface area contributed by atoms with Crippen molar-refractivity contribution in [2.75, 3.05) is 37.8 Å². The van der Waals surface area contributed by atoms with Crippen molar-refractivity contribution in [1.82, 2.24) is 30.2 Å². The van der Waals surface area contributed by atoms with E-state index in [1.54, 1.807) is 6.92 Å². The number of fused-ring (bicyclic) bond motifs is 1.